The van der Waals surface area contributed by atoms with E-state index >= 15 is 0 Å². The summed E-state index contributed by atoms with van der Waals surface area (Å²) in [5.74, 6) is 1.30. The largest absolute Gasteiger partial charge is 0.481 e. The van der Waals surface area contributed by atoms with Crippen molar-refractivity contribution >= 4 is 11.6 Å². The third-order valence-electron chi connectivity index (χ3n) is 3.39. The highest BCUT2D eigenvalue weighted by Gasteiger charge is 2.21. The van der Waals surface area contributed by atoms with Gasteiger partial charge in [-0.15, -0.1) is 0 Å². The van der Waals surface area contributed by atoms with Gasteiger partial charge in [0.1, 0.15) is 18.5 Å². The lowest BCUT2D eigenvalue weighted by atomic mass is 10.3. The molecule has 1 saturated heterocycles. The van der Waals surface area contributed by atoms with E-state index in [2.05, 4.69) is 24.8 Å². The van der Waals surface area contributed by atoms with Crippen LogP contribution in [0, 0.1) is 5.82 Å². The molecule has 1 aliphatic rings. The van der Waals surface area contributed by atoms with E-state index < -0.39 is 5.82 Å². The van der Waals surface area contributed by atoms with E-state index in [1.165, 1.54) is 18.9 Å². The Morgan fingerprint density at radius 3 is 2.52 bits per heavy atom. The van der Waals surface area contributed by atoms with Crippen LogP contribution >= 0.6 is 0 Å². The minimum Gasteiger partial charge on any atom is -0.481 e. The van der Waals surface area contributed by atoms with E-state index in [1.807, 2.05) is 4.90 Å². The second-order valence-electron chi connectivity index (χ2n) is 4.59. The average molecular weight is 290 g/mol. The molecule has 0 spiro atoms. The van der Waals surface area contributed by atoms with Gasteiger partial charge in [0, 0.05) is 32.2 Å². The third-order valence-corrected chi connectivity index (χ3v) is 3.39. The number of anilines is 2. The fourth-order valence-electron chi connectivity index (χ4n) is 2.30. The summed E-state index contributed by atoms with van der Waals surface area (Å²) < 4.78 is 18.8. The van der Waals surface area contributed by atoms with Crippen LogP contribution < -0.4 is 14.5 Å². The number of rotatable bonds is 3. The number of methoxy groups -OCH3 is 1. The minimum absolute atomic E-state index is 0.352. The van der Waals surface area contributed by atoms with Crippen LogP contribution in [0.15, 0.2) is 24.9 Å². The fourth-order valence-corrected chi connectivity index (χ4v) is 2.30. The van der Waals surface area contributed by atoms with Crippen molar-refractivity contribution in [1.82, 2.24) is 19.9 Å². The molecule has 0 saturated carbocycles. The molecule has 1 aliphatic heterocycles. The summed E-state index contributed by atoms with van der Waals surface area (Å²) in [6.07, 6.45) is 4.02. The quantitative estimate of drug-likeness (QED) is 0.826. The van der Waals surface area contributed by atoms with Gasteiger partial charge < -0.3 is 14.5 Å². The first-order valence-electron chi connectivity index (χ1n) is 6.59. The molecule has 21 heavy (non-hydrogen) atoms. The van der Waals surface area contributed by atoms with Gasteiger partial charge in [-0.1, -0.05) is 0 Å². The molecule has 3 heterocycles. The van der Waals surface area contributed by atoms with E-state index in [0.717, 1.165) is 18.9 Å². The number of hydrogen-bond donors (Lipinski definition) is 0. The molecule has 110 valence electrons. The predicted molar refractivity (Wildman–Crippen MR) is 75.0 cm³/mol. The maximum atomic E-state index is 13.7. The Labute approximate surface area is 121 Å². The summed E-state index contributed by atoms with van der Waals surface area (Å²) in [4.78, 5) is 19.9. The van der Waals surface area contributed by atoms with Crippen molar-refractivity contribution in [2.45, 2.75) is 0 Å². The number of nitrogens with zero attached hydrogens (tertiary/aromatic N) is 6. The SMILES string of the molecule is COc1cc(N2CCN(c3ncncc3F)CC2)ncn1. The summed E-state index contributed by atoms with van der Waals surface area (Å²) in [5, 5.41) is 0. The van der Waals surface area contributed by atoms with Crippen LogP contribution in [0.2, 0.25) is 0 Å². The number of halogens is 1. The molecule has 1 fully saturated rings. The lowest BCUT2D eigenvalue weighted by Gasteiger charge is -2.35. The van der Waals surface area contributed by atoms with Crippen LogP contribution in [0.5, 0.6) is 5.88 Å². The van der Waals surface area contributed by atoms with Crippen LogP contribution in [0.1, 0.15) is 0 Å². The molecule has 0 unspecified atom stereocenters. The Balaban J connectivity index is 1.69. The van der Waals surface area contributed by atoms with Crippen molar-refractivity contribution in [2.24, 2.45) is 0 Å². The molecule has 0 aromatic carbocycles. The zero-order valence-corrected chi connectivity index (χ0v) is 11.6. The molecule has 2 aromatic rings. The molecular formula is C13H15FN6O. The smallest absolute Gasteiger partial charge is 0.218 e. The van der Waals surface area contributed by atoms with Crippen LogP contribution in [-0.2, 0) is 0 Å². The highest BCUT2D eigenvalue weighted by Crippen LogP contribution is 2.20. The number of piperazine rings is 1. The van der Waals surface area contributed by atoms with Crippen LogP contribution in [0.4, 0.5) is 16.0 Å². The monoisotopic (exact) mass is 290 g/mol. The summed E-state index contributed by atoms with van der Waals surface area (Å²) >= 11 is 0. The van der Waals surface area contributed by atoms with E-state index in [0.29, 0.717) is 24.8 Å². The highest BCUT2D eigenvalue weighted by atomic mass is 19.1. The maximum absolute atomic E-state index is 13.7. The van der Waals surface area contributed by atoms with Crippen molar-refractivity contribution in [3.05, 3.63) is 30.7 Å². The van der Waals surface area contributed by atoms with E-state index in [4.69, 9.17) is 4.74 Å². The summed E-state index contributed by atoms with van der Waals surface area (Å²) in [7, 11) is 1.57. The standard InChI is InChI=1S/C13H15FN6O/c1-21-12-6-11(16-9-17-12)19-2-4-20(5-3-19)13-10(14)7-15-8-18-13/h6-9H,2-5H2,1H3. The van der Waals surface area contributed by atoms with Crippen molar-refractivity contribution in [3.8, 4) is 5.88 Å². The van der Waals surface area contributed by atoms with Gasteiger partial charge in [0.2, 0.25) is 5.88 Å². The van der Waals surface area contributed by atoms with Crippen molar-refractivity contribution in [3.63, 3.8) is 0 Å². The Morgan fingerprint density at radius 2 is 1.81 bits per heavy atom. The zero-order valence-electron chi connectivity index (χ0n) is 11.6. The van der Waals surface area contributed by atoms with Crippen LogP contribution in [-0.4, -0.2) is 53.2 Å². The Hall–Kier alpha value is -2.51. The summed E-state index contributed by atoms with van der Waals surface area (Å²) in [5.41, 5.74) is 0. The Kier molecular flexibility index (Phi) is 3.76. The second kappa shape index (κ2) is 5.86. The van der Waals surface area contributed by atoms with Gasteiger partial charge >= 0.3 is 0 Å². The molecular weight excluding hydrogens is 275 g/mol. The van der Waals surface area contributed by atoms with Gasteiger partial charge in [0.05, 0.1) is 13.3 Å². The summed E-state index contributed by atoms with van der Waals surface area (Å²) in [6, 6.07) is 1.79. The Bertz CT molecular complexity index is 617. The normalized spacial score (nSPS) is 15.1. The molecule has 3 rings (SSSR count). The van der Waals surface area contributed by atoms with Crippen LogP contribution in [0.3, 0.4) is 0 Å². The molecule has 0 atom stereocenters. The number of aromatic nitrogens is 4. The molecule has 0 radical (unpaired) electrons. The molecule has 0 amide bonds. The number of ether oxygens (including phenoxy) is 1. The lowest BCUT2D eigenvalue weighted by Crippen LogP contribution is -2.47. The molecule has 0 N–H and O–H groups in total. The lowest BCUT2D eigenvalue weighted by molar-refractivity contribution is 0.396. The number of hydrogen-bond acceptors (Lipinski definition) is 7. The van der Waals surface area contributed by atoms with Crippen LogP contribution in [0.25, 0.3) is 0 Å². The van der Waals surface area contributed by atoms with Gasteiger partial charge in [0.15, 0.2) is 11.6 Å². The van der Waals surface area contributed by atoms with E-state index in [9.17, 15) is 4.39 Å². The summed E-state index contributed by atoms with van der Waals surface area (Å²) in [6.45, 7) is 2.79. The molecule has 2 aromatic heterocycles. The van der Waals surface area contributed by atoms with Crippen molar-refractivity contribution < 1.29 is 9.13 Å². The predicted octanol–water partition coefficient (Wildman–Crippen LogP) is 0.741. The van der Waals surface area contributed by atoms with Gasteiger partial charge in [-0.3, -0.25) is 0 Å². The molecule has 0 bridgehead atoms. The average Bonchev–Trinajstić information content (AvgIpc) is 2.56. The molecule has 8 heteroatoms. The first kappa shape index (κ1) is 13.5. The minimum atomic E-state index is -0.394. The van der Waals surface area contributed by atoms with Gasteiger partial charge in [0.25, 0.3) is 0 Å². The van der Waals surface area contributed by atoms with Crippen molar-refractivity contribution in [2.75, 3.05) is 43.1 Å². The van der Waals surface area contributed by atoms with Crippen molar-refractivity contribution in [1.29, 1.82) is 0 Å². The maximum Gasteiger partial charge on any atom is 0.218 e. The second-order valence-corrected chi connectivity index (χ2v) is 4.59. The van der Waals surface area contributed by atoms with Gasteiger partial charge in [-0.05, 0) is 0 Å². The van der Waals surface area contributed by atoms with E-state index in [1.54, 1.807) is 13.2 Å². The van der Waals surface area contributed by atoms with Gasteiger partial charge in [-0.25, -0.2) is 24.3 Å². The third kappa shape index (κ3) is 2.83. The first-order chi connectivity index (χ1) is 10.3. The van der Waals surface area contributed by atoms with Gasteiger partial charge in [-0.2, -0.15) is 0 Å². The Morgan fingerprint density at radius 1 is 1.05 bits per heavy atom. The highest BCUT2D eigenvalue weighted by molar-refractivity contribution is 5.45. The first-order valence-corrected chi connectivity index (χ1v) is 6.59. The topological polar surface area (TPSA) is 67.3 Å². The molecule has 0 aliphatic carbocycles. The fraction of sp³-hybridized carbons (Fsp3) is 0.385. The molecule has 7 nitrogen and oxygen atoms in total. The van der Waals surface area contributed by atoms with E-state index in [-0.39, 0.29) is 0 Å². The zero-order chi connectivity index (χ0) is 14.7.